The van der Waals surface area contributed by atoms with Crippen molar-refractivity contribution in [2.75, 3.05) is 18.1 Å². The van der Waals surface area contributed by atoms with Gasteiger partial charge in [0.2, 0.25) is 0 Å². The lowest BCUT2D eigenvalue weighted by Crippen LogP contribution is -2.51. The smallest absolute Gasteiger partial charge is 0.351 e. The Morgan fingerprint density at radius 2 is 2.42 bits per heavy atom. The molecule has 104 valence electrons. The van der Waals surface area contributed by atoms with Gasteiger partial charge in [-0.3, -0.25) is 4.57 Å². The first-order chi connectivity index (χ1) is 9.08. The van der Waals surface area contributed by atoms with Crippen molar-refractivity contribution in [1.82, 2.24) is 9.55 Å². The van der Waals surface area contributed by atoms with E-state index < -0.39 is 28.9 Å². The number of aromatic nitrogens is 2. The molecule has 2 fully saturated rings. The van der Waals surface area contributed by atoms with Gasteiger partial charge in [-0.2, -0.15) is 4.98 Å². The van der Waals surface area contributed by atoms with Gasteiger partial charge in [0.05, 0.1) is 11.4 Å². The van der Waals surface area contributed by atoms with Crippen molar-refractivity contribution in [3.8, 4) is 0 Å². The van der Waals surface area contributed by atoms with Crippen molar-refractivity contribution in [1.29, 1.82) is 0 Å². The van der Waals surface area contributed by atoms with Gasteiger partial charge in [-0.05, 0) is 18.2 Å². The van der Waals surface area contributed by atoms with E-state index >= 15 is 0 Å². The van der Waals surface area contributed by atoms with Crippen LogP contribution in [0.1, 0.15) is 12.6 Å². The second-order valence-electron chi connectivity index (χ2n) is 4.75. The van der Waals surface area contributed by atoms with Crippen LogP contribution in [0.3, 0.4) is 0 Å². The second kappa shape index (κ2) is 4.48. The third kappa shape index (κ3) is 1.78. The van der Waals surface area contributed by atoms with Crippen molar-refractivity contribution in [3.05, 3.63) is 22.7 Å². The highest BCUT2D eigenvalue weighted by atomic mass is 32.2. The summed E-state index contributed by atoms with van der Waals surface area (Å²) in [6, 6.07) is 1.51. The minimum absolute atomic E-state index is 0.147. The van der Waals surface area contributed by atoms with Gasteiger partial charge >= 0.3 is 5.69 Å². The molecule has 1 spiro atoms. The highest BCUT2D eigenvalue weighted by Crippen LogP contribution is 2.56. The topological polar surface area (TPSA) is 111 Å². The summed E-state index contributed by atoms with van der Waals surface area (Å²) in [4.78, 5) is 15.6. The first-order valence-corrected chi connectivity index (χ1v) is 7.00. The van der Waals surface area contributed by atoms with Crippen molar-refractivity contribution in [2.45, 2.75) is 29.6 Å². The number of rotatable bonds is 2. The number of ether oxygens (including phenoxy) is 1. The van der Waals surface area contributed by atoms with Crippen LogP contribution in [0.4, 0.5) is 5.82 Å². The Balaban J connectivity index is 2.01. The molecule has 0 aliphatic carbocycles. The molecule has 0 unspecified atom stereocenters. The maximum absolute atomic E-state index is 11.9. The fourth-order valence-electron chi connectivity index (χ4n) is 2.63. The molecule has 3 heterocycles. The van der Waals surface area contributed by atoms with E-state index in [0.29, 0.717) is 0 Å². The van der Waals surface area contributed by atoms with Crippen molar-refractivity contribution in [2.24, 2.45) is 0 Å². The van der Waals surface area contributed by atoms with Crippen LogP contribution in [0.15, 0.2) is 17.1 Å². The van der Waals surface area contributed by atoms with Crippen LogP contribution in [0.25, 0.3) is 0 Å². The zero-order chi connectivity index (χ0) is 13.6. The molecule has 2 saturated heterocycles. The fourth-order valence-corrected chi connectivity index (χ4v) is 3.94. The monoisotopic (exact) mass is 285 g/mol. The molecule has 2 aliphatic heterocycles. The Morgan fingerprint density at radius 1 is 1.68 bits per heavy atom. The van der Waals surface area contributed by atoms with E-state index in [2.05, 4.69) is 4.98 Å². The summed E-state index contributed by atoms with van der Waals surface area (Å²) < 4.78 is 6.41. The number of thioether (sulfide) groups is 1. The molecular weight excluding hydrogens is 270 g/mol. The zero-order valence-electron chi connectivity index (χ0n) is 10.1. The first kappa shape index (κ1) is 12.9. The SMILES string of the molecule is Nc1ccn([C@@H]2O[C@H](CO)[C@@H](O)[C@]23CCS3)c(=O)n1. The van der Waals surface area contributed by atoms with Gasteiger partial charge in [0.1, 0.15) is 18.0 Å². The number of nitrogens with zero attached hydrogens (tertiary/aromatic N) is 2. The summed E-state index contributed by atoms with van der Waals surface area (Å²) in [5.74, 6) is 1.04. The standard InChI is InChI=1S/C11H15N3O4S/c12-7-1-3-14(10(17)13-7)9-11(2-4-19-11)8(16)6(5-15)18-9/h1,3,6,8-9,15-16H,2,4-5H2,(H2,12,13,17)/t6-,8-,9-,11-/m1/s1. The number of nitrogens with two attached hydrogens (primary N) is 1. The zero-order valence-corrected chi connectivity index (χ0v) is 10.9. The number of nitrogen functional groups attached to an aromatic ring is 1. The van der Waals surface area contributed by atoms with E-state index in [9.17, 15) is 15.0 Å². The first-order valence-electron chi connectivity index (χ1n) is 6.01. The Kier molecular flexibility index (Phi) is 3.05. The van der Waals surface area contributed by atoms with Gasteiger partial charge in [0.15, 0.2) is 6.23 Å². The molecule has 1 aromatic rings. The predicted octanol–water partition coefficient (Wildman–Crippen LogP) is -1.05. The number of hydrogen-bond acceptors (Lipinski definition) is 7. The van der Waals surface area contributed by atoms with Crippen LogP contribution in [-0.4, -0.2) is 49.1 Å². The van der Waals surface area contributed by atoms with Crippen molar-refractivity contribution in [3.63, 3.8) is 0 Å². The van der Waals surface area contributed by atoms with Crippen LogP contribution < -0.4 is 11.4 Å². The maximum Gasteiger partial charge on any atom is 0.351 e. The molecule has 4 N–H and O–H groups in total. The van der Waals surface area contributed by atoms with Crippen LogP contribution in [-0.2, 0) is 4.74 Å². The van der Waals surface area contributed by atoms with Gasteiger partial charge in [0.25, 0.3) is 0 Å². The number of aliphatic hydroxyl groups is 2. The number of anilines is 1. The predicted molar refractivity (Wildman–Crippen MR) is 69.7 cm³/mol. The molecule has 0 radical (unpaired) electrons. The third-order valence-electron chi connectivity index (χ3n) is 3.72. The second-order valence-corrected chi connectivity index (χ2v) is 6.21. The summed E-state index contributed by atoms with van der Waals surface area (Å²) in [6.07, 6.45) is 0.145. The van der Waals surface area contributed by atoms with Crippen molar-refractivity contribution < 1.29 is 14.9 Å². The Hall–Kier alpha value is -1.09. The lowest BCUT2D eigenvalue weighted by atomic mass is 9.94. The Labute approximate surface area is 113 Å². The number of hydrogen-bond donors (Lipinski definition) is 3. The lowest BCUT2D eigenvalue weighted by molar-refractivity contribution is -0.0473. The summed E-state index contributed by atoms with van der Waals surface area (Å²) in [6.45, 7) is -0.281. The summed E-state index contributed by atoms with van der Waals surface area (Å²) in [5.41, 5.74) is 4.95. The third-order valence-corrected chi connectivity index (χ3v) is 5.32. The molecule has 0 saturated carbocycles. The average molecular weight is 285 g/mol. The lowest BCUT2D eigenvalue weighted by Gasteiger charge is -2.43. The van der Waals surface area contributed by atoms with E-state index in [1.807, 2.05) is 0 Å². The molecular formula is C11H15N3O4S. The molecule has 0 bridgehead atoms. The quantitative estimate of drug-likeness (QED) is 0.636. The highest BCUT2D eigenvalue weighted by molar-refractivity contribution is 8.02. The van der Waals surface area contributed by atoms with Crippen LogP contribution >= 0.6 is 11.8 Å². The average Bonchev–Trinajstić information content (AvgIpc) is 2.62. The summed E-state index contributed by atoms with van der Waals surface area (Å²) in [7, 11) is 0. The molecule has 1 aromatic heterocycles. The minimum Gasteiger partial charge on any atom is -0.394 e. The highest BCUT2D eigenvalue weighted by Gasteiger charge is 2.60. The molecule has 4 atom stereocenters. The van der Waals surface area contributed by atoms with Gasteiger partial charge < -0.3 is 20.7 Å². The van der Waals surface area contributed by atoms with Crippen LogP contribution in [0, 0.1) is 0 Å². The molecule has 0 aromatic carbocycles. The largest absolute Gasteiger partial charge is 0.394 e. The number of aliphatic hydroxyl groups excluding tert-OH is 2. The summed E-state index contributed by atoms with van der Waals surface area (Å²) >= 11 is 1.55. The molecule has 7 nitrogen and oxygen atoms in total. The van der Waals surface area contributed by atoms with Gasteiger partial charge in [-0.15, -0.1) is 11.8 Å². The van der Waals surface area contributed by atoms with E-state index in [0.717, 1.165) is 12.2 Å². The molecule has 3 rings (SSSR count). The van der Waals surface area contributed by atoms with E-state index in [-0.39, 0.29) is 12.4 Å². The minimum atomic E-state index is -0.800. The summed E-state index contributed by atoms with van der Waals surface area (Å²) in [5, 5.41) is 19.5. The van der Waals surface area contributed by atoms with Gasteiger partial charge in [-0.25, -0.2) is 4.79 Å². The fraction of sp³-hybridized carbons (Fsp3) is 0.636. The van der Waals surface area contributed by atoms with Crippen LogP contribution in [0.2, 0.25) is 0 Å². The van der Waals surface area contributed by atoms with Gasteiger partial charge in [0, 0.05) is 6.20 Å². The van der Waals surface area contributed by atoms with E-state index in [4.69, 9.17) is 10.5 Å². The molecule has 8 heteroatoms. The van der Waals surface area contributed by atoms with Gasteiger partial charge in [-0.1, -0.05) is 0 Å². The van der Waals surface area contributed by atoms with Crippen LogP contribution in [0.5, 0.6) is 0 Å². The molecule has 2 aliphatic rings. The van der Waals surface area contributed by atoms with E-state index in [1.165, 1.54) is 16.8 Å². The Bertz CT molecular complexity index is 545. The maximum atomic E-state index is 11.9. The normalized spacial score (nSPS) is 37.5. The van der Waals surface area contributed by atoms with Crippen molar-refractivity contribution >= 4 is 17.6 Å². The molecule has 0 amide bonds. The molecule has 19 heavy (non-hydrogen) atoms. The Morgan fingerprint density at radius 3 is 2.95 bits per heavy atom. The van der Waals surface area contributed by atoms with E-state index in [1.54, 1.807) is 11.8 Å².